The van der Waals surface area contributed by atoms with E-state index in [-0.39, 0.29) is 6.10 Å². The highest BCUT2D eigenvalue weighted by molar-refractivity contribution is 5.00. The molecule has 0 aromatic carbocycles. The summed E-state index contributed by atoms with van der Waals surface area (Å²) in [5.74, 6) is 0. The van der Waals surface area contributed by atoms with E-state index in [2.05, 4.69) is 18.2 Å². The van der Waals surface area contributed by atoms with Gasteiger partial charge in [0.05, 0.1) is 6.10 Å². The van der Waals surface area contributed by atoms with Gasteiger partial charge in [0.2, 0.25) is 0 Å². The Balaban J connectivity index is 3.05. The van der Waals surface area contributed by atoms with Gasteiger partial charge in [-0.15, -0.1) is 0 Å². The molecule has 0 aliphatic rings. The van der Waals surface area contributed by atoms with Crippen LogP contribution in [-0.2, 0) is 0 Å². The Kier molecular flexibility index (Phi) is 11.1. The Morgan fingerprint density at radius 1 is 1.00 bits per heavy atom. The van der Waals surface area contributed by atoms with Crippen LogP contribution in [0.15, 0.2) is 24.3 Å². The van der Waals surface area contributed by atoms with Gasteiger partial charge in [-0.2, -0.15) is 0 Å². The molecule has 0 radical (unpaired) electrons. The zero-order chi connectivity index (χ0) is 11.4. The summed E-state index contributed by atoms with van der Waals surface area (Å²) in [7, 11) is 0. The summed E-state index contributed by atoms with van der Waals surface area (Å²) in [6.07, 6.45) is 16.9. The SMILES string of the molecule is C/C=C/C=C/CCCCCCCC(C)O. The van der Waals surface area contributed by atoms with Crippen LogP contribution in [0.2, 0.25) is 0 Å². The van der Waals surface area contributed by atoms with Gasteiger partial charge in [-0.3, -0.25) is 0 Å². The number of rotatable bonds is 9. The Labute approximate surface area is 94.9 Å². The fraction of sp³-hybridized carbons (Fsp3) is 0.714. The van der Waals surface area contributed by atoms with E-state index in [0.717, 1.165) is 6.42 Å². The third kappa shape index (κ3) is 13.4. The number of allylic oxidation sites excluding steroid dienone is 4. The van der Waals surface area contributed by atoms with Crippen LogP contribution >= 0.6 is 0 Å². The Bertz CT molecular complexity index is 168. The molecule has 0 heterocycles. The molecule has 1 atom stereocenters. The molecule has 0 saturated heterocycles. The Morgan fingerprint density at radius 2 is 1.67 bits per heavy atom. The second kappa shape index (κ2) is 11.5. The molecule has 0 aliphatic carbocycles. The van der Waals surface area contributed by atoms with Crippen molar-refractivity contribution < 1.29 is 5.11 Å². The van der Waals surface area contributed by atoms with Crippen LogP contribution < -0.4 is 0 Å². The van der Waals surface area contributed by atoms with Crippen molar-refractivity contribution in [1.82, 2.24) is 0 Å². The fourth-order valence-electron chi connectivity index (χ4n) is 1.52. The zero-order valence-corrected chi connectivity index (χ0v) is 10.3. The van der Waals surface area contributed by atoms with Crippen LogP contribution in [0.4, 0.5) is 0 Å². The molecule has 0 rings (SSSR count). The molecule has 0 saturated carbocycles. The topological polar surface area (TPSA) is 20.2 Å². The summed E-state index contributed by atoms with van der Waals surface area (Å²) in [6.45, 7) is 3.90. The monoisotopic (exact) mass is 210 g/mol. The molecule has 0 amide bonds. The van der Waals surface area contributed by atoms with Gasteiger partial charge in [0.15, 0.2) is 0 Å². The first-order chi connectivity index (χ1) is 7.27. The molecule has 1 unspecified atom stereocenters. The predicted octanol–water partition coefficient (Wildman–Crippen LogP) is 4.23. The fourth-order valence-corrected chi connectivity index (χ4v) is 1.52. The highest BCUT2D eigenvalue weighted by atomic mass is 16.3. The number of hydrogen-bond acceptors (Lipinski definition) is 1. The quantitative estimate of drug-likeness (QED) is 0.446. The minimum Gasteiger partial charge on any atom is -0.393 e. The first kappa shape index (κ1) is 14.4. The van der Waals surface area contributed by atoms with Crippen molar-refractivity contribution in [1.29, 1.82) is 0 Å². The number of unbranched alkanes of at least 4 members (excludes halogenated alkanes) is 5. The van der Waals surface area contributed by atoms with Crippen LogP contribution in [0, 0.1) is 0 Å². The minimum atomic E-state index is -0.117. The van der Waals surface area contributed by atoms with Gasteiger partial charge in [0.1, 0.15) is 0 Å². The molecule has 1 heteroatoms. The predicted molar refractivity (Wildman–Crippen MR) is 68.0 cm³/mol. The van der Waals surface area contributed by atoms with Crippen LogP contribution in [0.5, 0.6) is 0 Å². The summed E-state index contributed by atoms with van der Waals surface area (Å²) < 4.78 is 0. The molecule has 15 heavy (non-hydrogen) atoms. The summed E-state index contributed by atoms with van der Waals surface area (Å²) >= 11 is 0. The molecule has 88 valence electrons. The van der Waals surface area contributed by atoms with Gasteiger partial charge in [-0.1, -0.05) is 50.0 Å². The summed E-state index contributed by atoms with van der Waals surface area (Å²) in [5.41, 5.74) is 0. The van der Waals surface area contributed by atoms with Crippen molar-refractivity contribution in [3.8, 4) is 0 Å². The summed E-state index contributed by atoms with van der Waals surface area (Å²) in [4.78, 5) is 0. The third-order valence-electron chi connectivity index (χ3n) is 2.43. The van der Waals surface area contributed by atoms with E-state index in [1.54, 1.807) is 0 Å². The molecule has 1 nitrogen and oxygen atoms in total. The highest BCUT2D eigenvalue weighted by Crippen LogP contribution is 2.08. The summed E-state index contributed by atoms with van der Waals surface area (Å²) in [5, 5.41) is 9.06. The molecule has 0 spiro atoms. The van der Waals surface area contributed by atoms with Crippen LogP contribution in [0.25, 0.3) is 0 Å². The number of aliphatic hydroxyl groups is 1. The molecular formula is C14H26O. The van der Waals surface area contributed by atoms with Crippen molar-refractivity contribution in [2.45, 2.75) is 64.9 Å². The lowest BCUT2D eigenvalue weighted by Gasteiger charge is -2.02. The van der Waals surface area contributed by atoms with Gasteiger partial charge in [-0.05, 0) is 33.1 Å². The molecule has 1 N–H and O–H groups in total. The van der Waals surface area contributed by atoms with Gasteiger partial charge < -0.3 is 5.11 Å². The zero-order valence-electron chi connectivity index (χ0n) is 10.3. The highest BCUT2D eigenvalue weighted by Gasteiger charge is 1.94. The van der Waals surface area contributed by atoms with E-state index < -0.39 is 0 Å². The normalized spacial score (nSPS) is 14.1. The van der Waals surface area contributed by atoms with E-state index in [9.17, 15) is 0 Å². The largest absolute Gasteiger partial charge is 0.393 e. The van der Waals surface area contributed by atoms with Crippen LogP contribution in [-0.4, -0.2) is 11.2 Å². The van der Waals surface area contributed by atoms with E-state index in [1.807, 2.05) is 19.9 Å². The Hall–Kier alpha value is -0.560. The van der Waals surface area contributed by atoms with E-state index in [4.69, 9.17) is 5.11 Å². The van der Waals surface area contributed by atoms with Gasteiger partial charge in [0, 0.05) is 0 Å². The van der Waals surface area contributed by atoms with Gasteiger partial charge >= 0.3 is 0 Å². The molecule has 0 bridgehead atoms. The van der Waals surface area contributed by atoms with Gasteiger partial charge in [-0.25, -0.2) is 0 Å². The first-order valence-electron chi connectivity index (χ1n) is 6.23. The lowest BCUT2D eigenvalue weighted by molar-refractivity contribution is 0.180. The lowest BCUT2D eigenvalue weighted by Crippen LogP contribution is -1.98. The Morgan fingerprint density at radius 3 is 2.33 bits per heavy atom. The standard InChI is InChI=1S/C14H26O/c1-3-4-5-6-7-8-9-10-11-12-13-14(2)15/h3-6,14-15H,7-13H2,1-2H3/b4-3+,6-5+. The average Bonchev–Trinajstić information content (AvgIpc) is 2.20. The lowest BCUT2D eigenvalue weighted by atomic mass is 10.1. The van der Waals surface area contributed by atoms with E-state index in [0.29, 0.717) is 0 Å². The second-order valence-corrected chi connectivity index (χ2v) is 4.15. The molecule has 0 aliphatic heterocycles. The van der Waals surface area contributed by atoms with Crippen molar-refractivity contribution in [3.05, 3.63) is 24.3 Å². The summed E-state index contributed by atoms with van der Waals surface area (Å²) in [6, 6.07) is 0. The number of hydrogen-bond donors (Lipinski definition) is 1. The maximum Gasteiger partial charge on any atom is 0.0512 e. The van der Waals surface area contributed by atoms with E-state index >= 15 is 0 Å². The molecule has 0 aromatic rings. The minimum absolute atomic E-state index is 0.117. The van der Waals surface area contributed by atoms with Crippen LogP contribution in [0.1, 0.15) is 58.8 Å². The van der Waals surface area contributed by atoms with E-state index in [1.165, 1.54) is 38.5 Å². The molecule has 0 aromatic heterocycles. The second-order valence-electron chi connectivity index (χ2n) is 4.15. The van der Waals surface area contributed by atoms with Crippen molar-refractivity contribution in [2.24, 2.45) is 0 Å². The molecular weight excluding hydrogens is 184 g/mol. The maximum atomic E-state index is 9.06. The van der Waals surface area contributed by atoms with Crippen molar-refractivity contribution in [2.75, 3.05) is 0 Å². The van der Waals surface area contributed by atoms with Crippen LogP contribution in [0.3, 0.4) is 0 Å². The smallest absolute Gasteiger partial charge is 0.0512 e. The third-order valence-corrected chi connectivity index (χ3v) is 2.43. The number of aliphatic hydroxyl groups excluding tert-OH is 1. The van der Waals surface area contributed by atoms with Crippen molar-refractivity contribution in [3.63, 3.8) is 0 Å². The van der Waals surface area contributed by atoms with Gasteiger partial charge in [0.25, 0.3) is 0 Å². The molecule has 0 fully saturated rings. The average molecular weight is 210 g/mol. The maximum absolute atomic E-state index is 9.06. The van der Waals surface area contributed by atoms with Crippen molar-refractivity contribution >= 4 is 0 Å². The first-order valence-corrected chi connectivity index (χ1v) is 6.23.